The van der Waals surface area contributed by atoms with Gasteiger partial charge in [0.15, 0.2) is 0 Å². The van der Waals surface area contributed by atoms with Crippen LogP contribution < -0.4 is 4.74 Å². The van der Waals surface area contributed by atoms with Gasteiger partial charge in [0, 0.05) is 25.8 Å². The second kappa shape index (κ2) is 10.6. The highest BCUT2D eigenvalue weighted by atomic mass is 35.5. The topological polar surface area (TPSA) is 73.6 Å². The summed E-state index contributed by atoms with van der Waals surface area (Å²) in [6, 6.07) is 14.6. The van der Waals surface area contributed by atoms with Crippen LogP contribution in [0.5, 0.6) is 6.01 Å². The molecule has 0 aliphatic carbocycles. The van der Waals surface area contributed by atoms with Gasteiger partial charge in [-0.3, -0.25) is 9.36 Å². The van der Waals surface area contributed by atoms with E-state index in [0.717, 1.165) is 17.1 Å². The molecule has 180 valence electrons. The number of halogens is 1. The van der Waals surface area contributed by atoms with Crippen LogP contribution >= 0.6 is 11.6 Å². The predicted molar refractivity (Wildman–Crippen MR) is 138 cm³/mol. The summed E-state index contributed by atoms with van der Waals surface area (Å²) < 4.78 is 13.6. The Morgan fingerprint density at radius 3 is 2.53 bits per heavy atom. The maximum Gasteiger partial charge on any atom is 0.312 e. The molecule has 0 bridgehead atoms. The Kier molecular flexibility index (Phi) is 8.08. The first-order valence-electron chi connectivity index (χ1n) is 11.2. The predicted octanol–water partition coefficient (Wildman–Crippen LogP) is 5.89. The van der Waals surface area contributed by atoms with Gasteiger partial charge in [0.05, 0.1) is 21.5 Å². The van der Waals surface area contributed by atoms with Crippen molar-refractivity contribution < 1.29 is 19.4 Å². The first-order chi connectivity index (χ1) is 16.0. The number of carbonyl (C=O) groups is 1. The third-order valence-corrected chi connectivity index (χ3v) is 7.29. The van der Waals surface area contributed by atoms with Crippen LogP contribution in [0.3, 0.4) is 0 Å². The van der Waals surface area contributed by atoms with Crippen LogP contribution in [0.2, 0.25) is 30.7 Å². The minimum atomic E-state index is -1.24. The molecule has 1 heterocycles. The maximum atomic E-state index is 11.5. The van der Waals surface area contributed by atoms with Gasteiger partial charge in [-0.15, -0.1) is 0 Å². The fraction of sp³-hybridized carbons (Fsp3) is 0.385. The number of aromatic nitrogens is 2. The van der Waals surface area contributed by atoms with Crippen molar-refractivity contribution in [1.82, 2.24) is 9.55 Å². The minimum absolute atomic E-state index is 0.0328. The van der Waals surface area contributed by atoms with E-state index in [0.29, 0.717) is 28.7 Å². The van der Waals surface area contributed by atoms with Crippen LogP contribution in [-0.2, 0) is 16.3 Å². The lowest BCUT2D eigenvalue weighted by Crippen LogP contribution is -2.31. The van der Waals surface area contributed by atoms with E-state index in [2.05, 4.69) is 36.5 Å². The molecular formula is C26H31ClN2O4Si. The van der Waals surface area contributed by atoms with Crippen LogP contribution in [-0.4, -0.2) is 41.9 Å². The van der Waals surface area contributed by atoms with Crippen molar-refractivity contribution in [2.45, 2.75) is 46.3 Å². The molecule has 34 heavy (non-hydrogen) atoms. The number of imidazole rings is 1. The number of carboxylic acids is 1. The van der Waals surface area contributed by atoms with Gasteiger partial charge in [-0.2, -0.15) is 4.98 Å². The molecule has 0 fully saturated rings. The Bertz CT molecular complexity index is 1220. The minimum Gasteiger partial charge on any atom is -0.481 e. The summed E-state index contributed by atoms with van der Waals surface area (Å²) in [5.41, 5.74) is 1.87. The molecule has 1 aromatic heterocycles. The molecule has 8 heteroatoms. The molecule has 2 aromatic carbocycles. The van der Waals surface area contributed by atoms with Crippen LogP contribution in [0, 0.1) is 17.3 Å². The summed E-state index contributed by atoms with van der Waals surface area (Å²) in [4.78, 5) is 16.1. The zero-order chi connectivity index (χ0) is 24.9. The Labute approximate surface area is 206 Å². The lowest BCUT2D eigenvalue weighted by molar-refractivity contribution is -0.148. The van der Waals surface area contributed by atoms with Crippen molar-refractivity contribution in [3.8, 4) is 17.9 Å². The lowest BCUT2D eigenvalue weighted by atomic mass is 9.95. The molecule has 3 aromatic rings. The van der Waals surface area contributed by atoms with E-state index in [-0.39, 0.29) is 13.3 Å². The molecule has 3 rings (SSSR count). The standard InChI is InChI=1S/C26H31ClN2O4Si/c1-26(2,24(30)31)17-33-25-28-22-15-20(12-11-19-9-7-6-8-10-19)21(27)16-23(22)29(25)18-32-13-14-34(3,4)5/h6-10,15-16H,13-14,17-18H2,1-5H3,(H,30,31). The average molecular weight is 499 g/mol. The number of ether oxygens (including phenoxy) is 2. The Morgan fingerprint density at radius 1 is 1.18 bits per heavy atom. The quantitative estimate of drug-likeness (QED) is 0.226. The summed E-state index contributed by atoms with van der Waals surface area (Å²) in [5.74, 6) is 5.29. The number of fused-ring (bicyclic) bond motifs is 1. The lowest BCUT2D eigenvalue weighted by Gasteiger charge is -2.20. The van der Waals surface area contributed by atoms with Crippen molar-refractivity contribution in [3.63, 3.8) is 0 Å². The van der Waals surface area contributed by atoms with E-state index in [1.807, 2.05) is 36.4 Å². The molecule has 0 aliphatic rings. The third-order valence-electron chi connectivity index (χ3n) is 5.28. The van der Waals surface area contributed by atoms with E-state index in [4.69, 9.17) is 21.1 Å². The summed E-state index contributed by atoms with van der Waals surface area (Å²) in [5, 5.41) is 9.94. The van der Waals surface area contributed by atoms with Crippen molar-refractivity contribution in [2.75, 3.05) is 13.2 Å². The molecule has 0 aliphatic heterocycles. The van der Waals surface area contributed by atoms with E-state index >= 15 is 0 Å². The second-order valence-corrected chi connectivity index (χ2v) is 16.1. The number of nitrogens with zero attached hydrogens (tertiary/aromatic N) is 2. The first-order valence-corrected chi connectivity index (χ1v) is 15.3. The van der Waals surface area contributed by atoms with Crippen LogP contribution in [0.25, 0.3) is 11.0 Å². The van der Waals surface area contributed by atoms with Crippen LogP contribution in [0.15, 0.2) is 42.5 Å². The summed E-state index contributed by atoms with van der Waals surface area (Å²) in [7, 11) is -1.24. The highest BCUT2D eigenvalue weighted by Gasteiger charge is 2.29. The Balaban J connectivity index is 1.93. The average Bonchev–Trinajstić information content (AvgIpc) is 3.10. The SMILES string of the molecule is CC(C)(COc1nc2cc(C#Cc3ccccc3)c(Cl)cc2n1COCC[Si](C)(C)C)C(=O)O. The number of aliphatic carboxylic acids is 1. The molecule has 0 atom stereocenters. The van der Waals surface area contributed by atoms with Gasteiger partial charge in [-0.25, -0.2) is 0 Å². The molecule has 6 nitrogen and oxygen atoms in total. The largest absolute Gasteiger partial charge is 0.481 e. The molecule has 0 unspecified atom stereocenters. The number of rotatable bonds is 9. The van der Waals surface area contributed by atoms with Crippen molar-refractivity contribution in [2.24, 2.45) is 5.41 Å². The summed E-state index contributed by atoms with van der Waals surface area (Å²) in [6.45, 7) is 10.9. The molecule has 0 radical (unpaired) electrons. The summed E-state index contributed by atoms with van der Waals surface area (Å²) >= 11 is 6.57. The van der Waals surface area contributed by atoms with Gasteiger partial charge in [0.2, 0.25) is 0 Å². The zero-order valence-corrected chi connectivity index (χ0v) is 22.1. The van der Waals surface area contributed by atoms with Crippen molar-refractivity contribution >= 4 is 36.7 Å². The Morgan fingerprint density at radius 2 is 1.88 bits per heavy atom. The van der Waals surface area contributed by atoms with Crippen molar-refractivity contribution in [3.05, 3.63) is 58.6 Å². The Hall–Kier alpha value is -2.79. The normalized spacial score (nSPS) is 11.8. The monoisotopic (exact) mass is 498 g/mol. The number of hydrogen-bond donors (Lipinski definition) is 1. The zero-order valence-electron chi connectivity index (χ0n) is 20.3. The molecule has 0 amide bonds. The van der Waals surface area contributed by atoms with E-state index < -0.39 is 19.5 Å². The molecule has 0 saturated heterocycles. The molecular weight excluding hydrogens is 468 g/mol. The third kappa shape index (κ3) is 6.86. The number of hydrogen-bond acceptors (Lipinski definition) is 4. The summed E-state index contributed by atoms with van der Waals surface area (Å²) in [6.07, 6.45) is 0. The fourth-order valence-corrected chi connectivity index (χ4v) is 3.92. The van der Waals surface area contributed by atoms with Gasteiger partial charge in [-0.05, 0) is 44.2 Å². The highest BCUT2D eigenvalue weighted by molar-refractivity contribution is 6.76. The number of carboxylic acid groups (broad SMARTS) is 1. The van der Waals surface area contributed by atoms with E-state index in [1.54, 1.807) is 24.5 Å². The van der Waals surface area contributed by atoms with Gasteiger partial charge < -0.3 is 14.6 Å². The number of benzene rings is 2. The maximum absolute atomic E-state index is 11.5. The first kappa shape index (κ1) is 25.8. The highest BCUT2D eigenvalue weighted by Crippen LogP contribution is 2.29. The van der Waals surface area contributed by atoms with E-state index in [1.165, 1.54) is 0 Å². The van der Waals surface area contributed by atoms with Crippen LogP contribution in [0.4, 0.5) is 0 Å². The van der Waals surface area contributed by atoms with Gasteiger partial charge in [0.25, 0.3) is 6.01 Å². The van der Waals surface area contributed by atoms with Gasteiger partial charge in [-0.1, -0.05) is 61.3 Å². The van der Waals surface area contributed by atoms with Crippen LogP contribution in [0.1, 0.15) is 25.0 Å². The van der Waals surface area contributed by atoms with Crippen molar-refractivity contribution in [1.29, 1.82) is 0 Å². The van der Waals surface area contributed by atoms with E-state index in [9.17, 15) is 9.90 Å². The van der Waals surface area contributed by atoms with Gasteiger partial charge in [0.1, 0.15) is 13.3 Å². The fourth-order valence-electron chi connectivity index (χ4n) is 2.96. The van der Waals surface area contributed by atoms with Gasteiger partial charge >= 0.3 is 5.97 Å². The molecule has 0 spiro atoms. The second-order valence-electron chi connectivity index (χ2n) is 10.1. The molecule has 0 saturated carbocycles. The molecule has 1 N–H and O–H groups in total. The smallest absolute Gasteiger partial charge is 0.312 e.